The zero-order valence-electron chi connectivity index (χ0n) is 17.2. The van der Waals surface area contributed by atoms with Crippen molar-refractivity contribution in [2.45, 2.75) is 11.4 Å². The summed E-state index contributed by atoms with van der Waals surface area (Å²) in [4.78, 5) is 22.1. The Morgan fingerprint density at radius 1 is 0.938 bits per heavy atom. The fraction of sp³-hybridized carbons (Fsp3) is 0.217. The van der Waals surface area contributed by atoms with Gasteiger partial charge in [0.1, 0.15) is 5.82 Å². The molecule has 0 bridgehead atoms. The molecule has 7 nitrogen and oxygen atoms in total. The fourth-order valence-electron chi connectivity index (χ4n) is 4.05. The van der Waals surface area contributed by atoms with E-state index < -0.39 is 10.0 Å². The van der Waals surface area contributed by atoms with E-state index in [2.05, 4.69) is 14.9 Å². The number of fused-ring (bicyclic) bond motifs is 2. The molecule has 0 atom stereocenters. The average Bonchev–Trinajstić information content (AvgIpc) is 2.80. The van der Waals surface area contributed by atoms with Crippen molar-refractivity contribution in [3.8, 4) is 0 Å². The Morgan fingerprint density at radius 3 is 2.47 bits per heavy atom. The summed E-state index contributed by atoms with van der Waals surface area (Å²) in [7, 11) is -3.57. The predicted octanol–water partition coefficient (Wildman–Crippen LogP) is 3.24. The molecule has 3 aromatic carbocycles. The summed E-state index contributed by atoms with van der Waals surface area (Å²) in [5, 5.41) is 2.85. The molecule has 0 amide bonds. The van der Waals surface area contributed by atoms with Crippen LogP contribution in [0, 0.1) is 0 Å². The molecule has 0 saturated carbocycles. The molecule has 164 valence electrons. The maximum atomic E-state index is 13.2. The van der Waals surface area contributed by atoms with Crippen LogP contribution in [0.2, 0.25) is 5.02 Å². The number of sulfonamides is 1. The first-order chi connectivity index (χ1) is 15.4. The van der Waals surface area contributed by atoms with Gasteiger partial charge in [-0.1, -0.05) is 41.9 Å². The average molecular weight is 469 g/mol. The maximum Gasteiger partial charge on any atom is 0.258 e. The number of hydrogen-bond acceptors (Lipinski definition) is 5. The van der Waals surface area contributed by atoms with Crippen molar-refractivity contribution in [2.24, 2.45) is 0 Å². The van der Waals surface area contributed by atoms with E-state index in [1.165, 1.54) is 4.31 Å². The lowest BCUT2D eigenvalue weighted by molar-refractivity contribution is 0.178. The van der Waals surface area contributed by atoms with Gasteiger partial charge in [0.25, 0.3) is 5.56 Å². The number of rotatable bonds is 4. The number of nitrogens with one attached hydrogen (secondary N) is 1. The minimum Gasteiger partial charge on any atom is -0.309 e. The van der Waals surface area contributed by atoms with Crippen molar-refractivity contribution in [2.75, 3.05) is 26.2 Å². The molecule has 1 saturated heterocycles. The minimum absolute atomic E-state index is 0.231. The Labute approximate surface area is 190 Å². The number of hydrogen-bond donors (Lipinski definition) is 1. The highest BCUT2D eigenvalue weighted by Gasteiger charge is 2.29. The summed E-state index contributed by atoms with van der Waals surface area (Å²) < 4.78 is 27.8. The molecule has 0 aliphatic carbocycles. The second-order valence-electron chi connectivity index (χ2n) is 7.86. The van der Waals surface area contributed by atoms with Crippen LogP contribution in [0.25, 0.3) is 21.7 Å². The number of aromatic nitrogens is 2. The number of aromatic amines is 1. The van der Waals surface area contributed by atoms with E-state index in [4.69, 9.17) is 11.6 Å². The summed E-state index contributed by atoms with van der Waals surface area (Å²) in [5.41, 5.74) is 0.357. The van der Waals surface area contributed by atoms with Crippen LogP contribution in [-0.4, -0.2) is 53.8 Å². The van der Waals surface area contributed by atoms with E-state index in [0.29, 0.717) is 59.4 Å². The van der Waals surface area contributed by atoms with Crippen LogP contribution >= 0.6 is 11.6 Å². The second-order valence-corrected chi connectivity index (χ2v) is 10.2. The lowest BCUT2D eigenvalue weighted by Crippen LogP contribution is -2.48. The molecule has 1 aliphatic rings. The number of nitrogens with zero attached hydrogens (tertiary/aromatic N) is 3. The van der Waals surface area contributed by atoms with Gasteiger partial charge < -0.3 is 4.98 Å². The summed E-state index contributed by atoms with van der Waals surface area (Å²) in [6.45, 7) is 2.30. The molecule has 1 N–H and O–H groups in total. The third kappa shape index (κ3) is 4.02. The molecular formula is C23H21ClN4O3S. The SMILES string of the molecule is O=c1[nH]c(CN2CCN(S(=O)(=O)c3ccc4ccccc4c3)CC2)nc2ccc(Cl)cc12. The van der Waals surface area contributed by atoms with E-state index >= 15 is 0 Å². The monoisotopic (exact) mass is 468 g/mol. The molecule has 2 heterocycles. The molecule has 1 aromatic heterocycles. The Morgan fingerprint density at radius 2 is 1.69 bits per heavy atom. The van der Waals surface area contributed by atoms with Crippen LogP contribution < -0.4 is 5.56 Å². The molecule has 5 rings (SSSR count). The third-order valence-corrected chi connectivity index (χ3v) is 7.91. The van der Waals surface area contributed by atoms with Crippen molar-refractivity contribution in [3.05, 3.63) is 81.9 Å². The molecule has 1 aliphatic heterocycles. The largest absolute Gasteiger partial charge is 0.309 e. The van der Waals surface area contributed by atoms with E-state index in [1.807, 2.05) is 30.3 Å². The first-order valence-corrected chi connectivity index (χ1v) is 12.1. The molecule has 4 aromatic rings. The first kappa shape index (κ1) is 21.1. The number of halogens is 1. The summed E-state index contributed by atoms with van der Waals surface area (Å²) >= 11 is 5.97. The molecular weight excluding hydrogens is 448 g/mol. The summed E-state index contributed by atoms with van der Waals surface area (Å²) in [6, 6.07) is 18.0. The van der Waals surface area contributed by atoms with E-state index in [1.54, 1.807) is 30.3 Å². The van der Waals surface area contributed by atoms with Gasteiger partial charge in [-0.3, -0.25) is 9.69 Å². The molecule has 1 fully saturated rings. The van der Waals surface area contributed by atoms with Crippen molar-refractivity contribution >= 4 is 43.3 Å². The van der Waals surface area contributed by atoms with Crippen LogP contribution in [0.15, 0.2) is 70.4 Å². The molecule has 0 radical (unpaired) electrons. The van der Waals surface area contributed by atoms with Gasteiger partial charge in [0, 0.05) is 31.2 Å². The highest BCUT2D eigenvalue weighted by molar-refractivity contribution is 7.89. The predicted molar refractivity (Wildman–Crippen MR) is 125 cm³/mol. The van der Waals surface area contributed by atoms with Gasteiger partial charge >= 0.3 is 0 Å². The second kappa shape index (κ2) is 8.29. The standard InChI is InChI=1S/C23H21ClN4O3S/c24-18-6-8-21-20(14-18)23(29)26-22(25-21)15-27-9-11-28(12-10-27)32(30,31)19-7-5-16-3-1-2-4-17(16)13-19/h1-8,13-14H,9-12,15H2,(H,25,26,29). The Balaban J connectivity index is 1.30. The Kier molecular flexibility index (Phi) is 5.46. The summed E-state index contributed by atoms with van der Waals surface area (Å²) in [5.74, 6) is 0.552. The van der Waals surface area contributed by atoms with Crippen LogP contribution in [0.3, 0.4) is 0 Å². The van der Waals surface area contributed by atoms with Crippen molar-refractivity contribution in [1.82, 2.24) is 19.2 Å². The van der Waals surface area contributed by atoms with Gasteiger partial charge in [0.15, 0.2) is 0 Å². The lowest BCUT2D eigenvalue weighted by atomic mass is 10.1. The zero-order valence-corrected chi connectivity index (χ0v) is 18.7. The molecule has 0 spiro atoms. The van der Waals surface area contributed by atoms with Crippen LogP contribution in [0.4, 0.5) is 0 Å². The molecule has 0 unspecified atom stereocenters. The maximum absolute atomic E-state index is 13.2. The van der Waals surface area contributed by atoms with Crippen LogP contribution in [0.5, 0.6) is 0 Å². The minimum atomic E-state index is -3.57. The van der Waals surface area contributed by atoms with Gasteiger partial charge in [0.2, 0.25) is 10.0 Å². The zero-order chi connectivity index (χ0) is 22.3. The van der Waals surface area contributed by atoms with E-state index in [0.717, 1.165) is 10.8 Å². The van der Waals surface area contributed by atoms with Gasteiger partial charge in [-0.15, -0.1) is 0 Å². The van der Waals surface area contributed by atoms with Crippen molar-refractivity contribution < 1.29 is 8.42 Å². The first-order valence-electron chi connectivity index (χ1n) is 10.3. The fourth-order valence-corrected chi connectivity index (χ4v) is 5.68. The number of benzene rings is 3. The topological polar surface area (TPSA) is 86.4 Å². The highest BCUT2D eigenvalue weighted by Crippen LogP contribution is 2.23. The van der Waals surface area contributed by atoms with Crippen LogP contribution in [-0.2, 0) is 16.6 Å². The van der Waals surface area contributed by atoms with E-state index in [-0.39, 0.29) is 5.56 Å². The van der Waals surface area contributed by atoms with E-state index in [9.17, 15) is 13.2 Å². The lowest BCUT2D eigenvalue weighted by Gasteiger charge is -2.33. The smallest absolute Gasteiger partial charge is 0.258 e. The van der Waals surface area contributed by atoms with Gasteiger partial charge in [-0.05, 0) is 41.1 Å². The molecule has 9 heteroatoms. The number of H-pyrrole nitrogens is 1. The molecule has 32 heavy (non-hydrogen) atoms. The number of piperazine rings is 1. The van der Waals surface area contributed by atoms with Gasteiger partial charge in [-0.25, -0.2) is 13.4 Å². The van der Waals surface area contributed by atoms with Crippen molar-refractivity contribution in [3.63, 3.8) is 0 Å². The third-order valence-electron chi connectivity index (χ3n) is 5.78. The summed E-state index contributed by atoms with van der Waals surface area (Å²) in [6.07, 6.45) is 0. The Hall–Kier alpha value is -2.78. The van der Waals surface area contributed by atoms with Gasteiger partial charge in [0.05, 0.1) is 22.3 Å². The Bertz CT molecular complexity index is 1480. The van der Waals surface area contributed by atoms with Gasteiger partial charge in [-0.2, -0.15) is 4.31 Å². The quantitative estimate of drug-likeness (QED) is 0.497. The van der Waals surface area contributed by atoms with Crippen LogP contribution in [0.1, 0.15) is 5.82 Å². The van der Waals surface area contributed by atoms with Crippen molar-refractivity contribution in [1.29, 1.82) is 0 Å². The highest BCUT2D eigenvalue weighted by atomic mass is 35.5. The normalized spacial score (nSPS) is 16.0.